The first-order chi connectivity index (χ1) is 20.2. The Bertz CT molecular complexity index is 1560. The second-order valence-corrected chi connectivity index (χ2v) is 11.8. The first-order valence-corrected chi connectivity index (χ1v) is 15.5. The average molecular weight is 567 g/mol. The van der Waals surface area contributed by atoms with E-state index in [0.29, 0.717) is 29.7 Å². The number of para-hydroxylation sites is 2. The molecule has 0 radical (unpaired) electrons. The van der Waals surface area contributed by atoms with Crippen LogP contribution in [0.1, 0.15) is 108 Å². The molecule has 0 bridgehead atoms. The van der Waals surface area contributed by atoms with Gasteiger partial charge in [0.25, 0.3) is 5.56 Å². The first kappa shape index (κ1) is 31.0. The molecule has 42 heavy (non-hydrogen) atoms. The van der Waals surface area contributed by atoms with Crippen molar-refractivity contribution in [2.45, 2.75) is 92.0 Å². The van der Waals surface area contributed by atoms with Crippen molar-refractivity contribution in [3.05, 3.63) is 99.6 Å². The maximum atomic E-state index is 14.4. The number of unbranched alkanes of at least 4 members (excludes halogenated alkanes) is 2. The number of aryl methyl sites for hydroxylation is 1. The monoisotopic (exact) mass is 566 g/mol. The fraction of sp³-hybridized carbons (Fsp3) is 0.417. The Morgan fingerprint density at radius 2 is 1.57 bits per heavy atom. The fourth-order valence-corrected chi connectivity index (χ4v) is 5.74. The van der Waals surface area contributed by atoms with Gasteiger partial charge in [0.1, 0.15) is 5.82 Å². The molecule has 0 aliphatic rings. The number of urea groups is 1. The fourth-order valence-electron chi connectivity index (χ4n) is 5.74. The van der Waals surface area contributed by atoms with Gasteiger partial charge >= 0.3 is 6.03 Å². The molecule has 1 heterocycles. The normalized spacial score (nSPS) is 12.2. The first-order valence-electron chi connectivity index (χ1n) is 15.5. The number of carbonyl (C=O) groups is 1. The molecule has 6 heteroatoms. The van der Waals surface area contributed by atoms with E-state index in [0.717, 1.165) is 47.3 Å². The van der Waals surface area contributed by atoms with Gasteiger partial charge in [0.2, 0.25) is 0 Å². The van der Waals surface area contributed by atoms with E-state index in [1.807, 2.05) is 60.4 Å². The van der Waals surface area contributed by atoms with E-state index < -0.39 is 6.04 Å². The third-order valence-electron chi connectivity index (χ3n) is 7.99. The summed E-state index contributed by atoms with van der Waals surface area (Å²) in [6.07, 6.45) is 3.53. The molecule has 3 aromatic carbocycles. The Labute approximate surface area is 250 Å². The van der Waals surface area contributed by atoms with Crippen LogP contribution in [0.3, 0.4) is 0 Å². The zero-order valence-electron chi connectivity index (χ0n) is 26.3. The van der Waals surface area contributed by atoms with E-state index in [2.05, 4.69) is 65.1 Å². The highest BCUT2D eigenvalue weighted by Gasteiger charge is 2.30. The van der Waals surface area contributed by atoms with Crippen LogP contribution < -0.4 is 10.9 Å². The van der Waals surface area contributed by atoms with E-state index in [1.165, 1.54) is 0 Å². The molecule has 0 fully saturated rings. The lowest BCUT2D eigenvalue weighted by atomic mass is 9.92. The zero-order valence-corrected chi connectivity index (χ0v) is 26.3. The summed E-state index contributed by atoms with van der Waals surface area (Å²) >= 11 is 0. The molecule has 1 unspecified atom stereocenters. The summed E-state index contributed by atoms with van der Waals surface area (Å²) < 4.78 is 1.71. The number of amides is 2. The van der Waals surface area contributed by atoms with Gasteiger partial charge in [-0.05, 0) is 72.6 Å². The number of rotatable bonds is 11. The predicted octanol–water partition coefficient (Wildman–Crippen LogP) is 9.12. The molecule has 222 valence electrons. The van der Waals surface area contributed by atoms with Gasteiger partial charge < -0.3 is 10.2 Å². The van der Waals surface area contributed by atoms with Crippen LogP contribution in [0.2, 0.25) is 0 Å². The maximum Gasteiger partial charge on any atom is 0.322 e. The van der Waals surface area contributed by atoms with Gasteiger partial charge in [-0.25, -0.2) is 9.78 Å². The highest BCUT2D eigenvalue weighted by molar-refractivity contribution is 5.92. The lowest BCUT2D eigenvalue weighted by Crippen LogP contribution is -2.41. The summed E-state index contributed by atoms with van der Waals surface area (Å²) in [5, 5.41) is 3.91. The van der Waals surface area contributed by atoms with Gasteiger partial charge in [-0.3, -0.25) is 9.36 Å². The van der Waals surface area contributed by atoms with Crippen molar-refractivity contribution in [1.82, 2.24) is 14.5 Å². The predicted molar refractivity (Wildman–Crippen MR) is 175 cm³/mol. The molecule has 1 aromatic heterocycles. The van der Waals surface area contributed by atoms with Crippen LogP contribution in [0, 0.1) is 6.92 Å². The number of fused-ring (bicyclic) bond motifs is 1. The van der Waals surface area contributed by atoms with E-state index in [4.69, 9.17) is 4.98 Å². The van der Waals surface area contributed by atoms with Gasteiger partial charge in [0.05, 0.1) is 22.6 Å². The standard InChI is InChI=1S/C36H46N4O2/c1-8-10-13-22-39(36(42)38-33-28(24(3)4)19-15-20-29(33)25(5)6)32(9-2)34-37-31-21-12-11-18-30(31)35(41)40(34)27-17-14-16-26(7)23-27/h11-12,14-21,23-25,32H,8-10,13,22H2,1-7H3,(H,38,42). The van der Waals surface area contributed by atoms with Crippen molar-refractivity contribution in [1.29, 1.82) is 0 Å². The van der Waals surface area contributed by atoms with E-state index in [9.17, 15) is 9.59 Å². The quantitative estimate of drug-likeness (QED) is 0.184. The summed E-state index contributed by atoms with van der Waals surface area (Å²) in [7, 11) is 0. The Morgan fingerprint density at radius 3 is 2.19 bits per heavy atom. The van der Waals surface area contributed by atoms with Crippen LogP contribution in [-0.4, -0.2) is 27.0 Å². The molecule has 0 spiro atoms. The zero-order chi connectivity index (χ0) is 30.4. The Hall–Kier alpha value is -3.93. The molecular weight excluding hydrogens is 520 g/mol. The summed E-state index contributed by atoms with van der Waals surface area (Å²) in [6, 6.07) is 21.1. The Balaban J connectivity index is 1.89. The summed E-state index contributed by atoms with van der Waals surface area (Å²) in [5.74, 6) is 1.09. The van der Waals surface area contributed by atoms with Gasteiger partial charge in [-0.1, -0.05) is 96.8 Å². The van der Waals surface area contributed by atoms with Crippen molar-refractivity contribution >= 4 is 22.6 Å². The number of aromatic nitrogens is 2. The van der Waals surface area contributed by atoms with Crippen LogP contribution in [0.15, 0.2) is 71.5 Å². The van der Waals surface area contributed by atoms with Crippen LogP contribution in [0.25, 0.3) is 16.6 Å². The topological polar surface area (TPSA) is 67.2 Å². The van der Waals surface area contributed by atoms with Crippen LogP contribution in [0.4, 0.5) is 10.5 Å². The number of benzene rings is 3. The van der Waals surface area contributed by atoms with Crippen LogP contribution in [0.5, 0.6) is 0 Å². The maximum absolute atomic E-state index is 14.4. The number of hydrogen-bond acceptors (Lipinski definition) is 3. The Kier molecular flexibility index (Phi) is 10.2. The number of carbonyl (C=O) groups excluding carboxylic acids is 1. The van der Waals surface area contributed by atoms with Crippen molar-refractivity contribution < 1.29 is 4.79 Å². The lowest BCUT2D eigenvalue weighted by molar-refractivity contribution is 0.179. The van der Waals surface area contributed by atoms with Crippen molar-refractivity contribution in [2.75, 3.05) is 11.9 Å². The van der Waals surface area contributed by atoms with Crippen molar-refractivity contribution in [3.8, 4) is 5.69 Å². The molecule has 1 atom stereocenters. The largest absolute Gasteiger partial charge is 0.322 e. The highest BCUT2D eigenvalue weighted by Crippen LogP contribution is 2.34. The smallest absolute Gasteiger partial charge is 0.314 e. The number of anilines is 1. The molecule has 2 amide bonds. The average Bonchev–Trinajstić information content (AvgIpc) is 2.96. The molecule has 0 aliphatic heterocycles. The Morgan fingerprint density at radius 1 is 0.905 bits per heavy atom. The lowest BCUT2D eigenvalue weighted by Gasteiger charge is -2.33. The second-order valence-electron chi connectivity index (χ2n) is 11.8. The molecule has 1 N–H and O–H groups in total. The summed E-state index contributed by atoms with van der Waals surface area (Å²) in [6.45, 7) is 15.4. The minimum Gasteiger partial charge on any atom is -0.314 e. The van der Waals surface area contributed by atoms with Gasteiger partial charge in [-0.2, -0.15) is 0 Å². The third-order valence-corrected chi connectivity index (χ3v) is 7.99. The van der Waals surface area contributed by atoms with Gasteiger partial charge in [-0.15, -0.1) is 0 Å². The summed E-state index contributed by atoms with van der Waals surface area (Å²) in [5.41, 5.74) is 5.46. The third kappa shape index (κ3) is 6.59. The summed E-state index contributed by atoms with van der Waals surface area (Å²) in [4.78, 5) is 35.4. The number of nitrogens with one attached hydrogen (secondary N) is 1. The van der Waals surface area contributed by atoms with Crippen molar-refractivity contribution in [2.24, 2.45) is 0 Å². The molecule has 0 saturated heterocycles. The number of hydrogen-bond donors (Lipinski definition) is 1. The second kappa shape index (κ2) is 13.8. The molecule has 6 nitrogen and oxygen atoms in total. The minimum atomic E-state index is -0.409. The highest BCUT2D eigenvalue weighted by atomic mass is 16.2. The molecular formula is C36H46N4O2. The molecule has 0 aliphatic carbocycles. The van der Waals surface area contributed by atoms with Crippen LogP contribution >= 0.6 is 0 Å². The van der Waals surface area contributed by atoms with Crippen LogP contribution in [-0.2, 0) is 0 Å². The minimum absolute atomic E-state index is 0.124. The molecule has 4 rings (SSSR count). The molecule has 4 aromatic rings. The SMILES string of the molecule is CCCCCN(C(=O)Nc1c(C(C)C)cccc1C(C)C)C(CC)c1nc2ccccc2c(=O)n1-c1cccc(C)c1. The van der Waals surface area contributed by atoms with Gasteiger partial charge in [0.15, 0.2) is 0 Å². The van der Waals surface area contributed by atoms with E-state index >= 15 is 0 Å². The van der Waals surface area contributed by atoms with E-state index in [-0.39, 0.29) is 23.4 Å². The van der Waals surface area contributed by atoms with Gasteiger partial charge in [0, 0.05) is 12.2 Å². The number of nitrogens with zero attached hydrogens (tertiary/aromatic N) is 3. The molecule has 0 saturated carbocycles. The van der Waals surface area contributed by atoms with Crippen molar-refractivity contribution in [3.63, 3.8) is 0 Å². The van der Waals surface area contributed by atoms with E-state index in [1.54, 1.807) is 4.57 Å².